The first-order valence-electron chi connectivity index (χ1n) is 5.65. The Morgan fingerprint density at radius 2 is 1.83 bits per heavy atom. The van der Waals surface area contributed by atoms with Gasteiger partial charge < -0.3 is 21.5 Å². The molecule has 0 aliphatic heterocycles. The molecule has 0 bridgehead atoms. The van der Waals surface area contributed by atoms with E-state index in [-0.39, 0.29) is 19.4 Å². The van der Waals surface area contributed by atoms with Crippen molar-refractivity contribution < 1.29 is 19.1 Å². The van der Waals surface area contributed by atoms with Crippen LogP contribution in [0.5, 0.6) is 0 Å². The largest absolute Gasteiger partial charge is 0.459 e. The highest BCUT2D eigenvalue weighted by Crippen LogP contribution is 2.06. The maximum atomic E-state index is 11.4. The molecule has 5 N–H and O–H groups in total. The molecule has 0 aromatic rings. The average Bonchev–Trinajstić information content (AvgIpc) is 2.19. The highest BCUT2D eigenvalue weighted by molar-refractivity contribution is 5.86. The third kappa shape index (κ3) is 8.51. The van der Waals surface area contributed by atoms with Gasteiger partial charge in [-0.05, 0) is 27.2 Å². The molecular weight excluding hydrogens is 238 g/mol. The zero-order valence-electron chi connectivity index (χ0n) is 11.0. The molecule has 18 heavy (non-hydrogen) atoms. The van der Waals surface area contributed by atoms with E-state index in [0.717, 1.165) is 0 Å². The molecule has 0 saturated heterocycles. The van der Waals surface area contributed by atoms with E-state index in [4.69, 9.17) is 16.2 Å². The van der Waals surface area contributed by atoms with Crippen LogP contribution in [0.3, 0.4) is 0 Å². The number of hydrogen-bond donors (Lipinski definition) is 3. The molecule has 0 radical (unpaired) electrons. The minimum atomic E-state index is -0.861. The van der Waals surface area contributed by atoms with Gasteiger partial charge in [0.1, 0.15) is 12.1 Å². The van der Waals surface area contributed by atoms with Crippen LogP contribution in [-0.2, 0) is 19.1 Å². The zero-order chi connectivity index (χ0) is 14.3. The molecular formula is C11H21N3O4. The van der Waals surface area contributed by atoms with E-state index in [1.54, 1.807) is 20.8 Å². The molecule has 0 aromatic carbocycles. The molecule has 7 nitrogen and oxygen atoms in total. The molecule has 0 aliphatic rings. The second-order valence-corrected chi connectivity index (χ2v) is 4.92. The lowest BCUT2D eigenvalue weighted by Gasteiger charge is -2.20. The van der Waals surface area contributed by atoms with Crippen LogP contribution in [-0.4, -0.2) is 36.0 Å². The SMILES string of the molecule is CC(C)(C)OC(=O)CNC(=O)[C@@H](N)CCC(N)=O. The van der Waals surface area contributed by atoms with E-state index >= 15 is 0 Å². The maximum Gasteiger partial charge on any atom is 0.325 e. The van der Waals surface area contributed by atoms with E-state index in [1.807, 2.05) is 0 Å². The topological polar surface area (TPSA) is 125 Å². The predicted octanol–water partition coefficient (Wildman–Crippen LogP) is -0.963. The lowest BCUT2D eigenvalue weighted by molar-refractivity contribution is -0.154. The summed E-state index contributed by atoms with van der Waals surface area (Å²) in [6.45, 7) is 4.93. The van der Waals surface area contributed by atoms with Crippen LogP contribution in [0.15, 0.2) is 0 Å². The second kappa shape index (κ2) is 6.95. The summed E-state index contributed by atoms with van der Waals surface area (Å²) in [4.78, 5) is 33.2. The fraction of sp³-hybridized carbons (Fsp3) is 0.727. The Morgan fingerprint density at radius 3 is 2.28 bits per heavy atom. The fourth-order valence-corrected chi connectivity index (χ4v) is 1.10. The van der Waals surface area contributed by atoms with Gasteiger partial charge >= 0.3 is 5.97 Å². The predicted molar refractivity (Wildman–Crippen MR) is 65.3 cm³/mol. The molecule has 0 heterocycles. The Labute approximate surface area is 106 Å². The summed E-state index contributed by atoms with van der Waals surface area (Å²) in [7, 11) is 0. The summed E-state index contributed by atoms with van der Waals surface area (Å²) in [5.41, 5.74) is 9.84. The Balaban J connectivity index is 3.95. The summed E-state index contributed by atoms with van der Waals surface area (Å²) >= 11 is 0. The standard InChI is InChI=1S/C11H21N3O4/c1-11(2,3)18-9(16)6-14-10(17)7(12)4-5-8(13)15/h7H,4-6,12H2,1-3H3,(H2,13,15)(H,14,17)/t7-/m0/s1. The van der Waals surface area contributed by atoms with Crippen LogP contribution in [0, 0.1) is 0 Å². The van der Waals surface area contributed by atoms with Gasteiger partial charge in [0.05, 0.1) is 6.04 Å². The van der Waals surface area contributed by atoms with Gasteiger partial charge in [0.2, 0.25) is 11.8 Å². The number of rotatable bonds is 6. The molecule has 7 heteroatoms. The molecule has 0 fully saturated rings. The van der Waals surface area contributed by atoms with Crippen molar-refractivity contribution in [1.82, 2.24) is 5.32 Å². The van der Waals surface area contributed by atoms with E-state index in [1.165, 1.54) is 0 Å². The van der Waals surface area contributed by atoms with Gasteiger partial charge in [-0.15, -0.1) is 0 Å². The van der Waals surface area contributed by atoms with Crippen molar-refractivity contribution in [3.63, 3.8) is 0 Å². The van der Waals surface area contributed by atoms with Gasteiger partial charge in [-0.25, -0.2) is 0 Å². The monoisotopic (exact) mass is 259 g/mol. The Bertz CT molecular complexity index is 323. The van der Waals surface area contributed by atoms with Crippen molar-refractivity contribution in [2.75, 3.05) is 6.54 Å². The van der Waals surface area contributed by atoms with Crippen molar-refractivity contribution in [1.29, 1.82) is 0 Å². The summed E-state index contributed by atoms with van der Waals surface area (Å²) in [6.07, 6.45) is 0.177. The van der Waals surface area contributed by atoms with Crippen molar-refractivity contribution in [3.05, 3.63) is 0 Å². The van der Waals surface area contributed by atoms with Crippen LogP contribution in [0.2, 0.25) is 0 Å². The smallest absolute Gasteiger partial charge is 0.325 e. The molecule has 0 aromatic heterocycles. The fourth-order valence-electron chi connectivity index (χ4n) is 1.10. The summed E-state index contributed by atoms with van der Waals surface area (Å²) in [5.74, 6) is -1.58. The molecule has 1 atom stereocenters. The second-order valence-electron chi connectivity index (χ2n) is 4.92. The van der Waals surface area contributed by atoms with E-state index in [2.05, 4.69) is 5.32 Å². The number of primary amides is 1. The van der Waals surface area contributed by atoms with Gasteiger partial charge in [-0.2, -0.15) is 0 Å². The lowest BCUT2D eigenvalue weighted by atomic mass is 10.1. The molecule has 0 saturated carbocycles. The molecule has 0 spiro atoms. The average molecular weight is 259 g/mol. The Hall–Kier alpha value is -1.63. The van der Waals surface area contributed by atoms with Gasteiger partial charge in [-0.1, -0.05) is 0 Å². The molecule has 0 aliphatic carbocycles. The molecule has 104 valence electrons. The number of hydrogen-bond acceptors (Lipinski definition) is 5. The van der Waals surface area contributed by atoms with Crippen LogP contribution in [0.4, 0.5) is 0 Å². The van der Waals surface area contributed by atoms with E-state index < -0.39 is 29.4 Å². The van der Waals surface area contributed by atoms with Crippen molar-refractivity contribution in [2.45, 2.75) is 45.3 Å². The van der Waals surface area contributed by atoms with Crippen LogP contribution < -0.4 is 16.8 Å². The molecule has 0 rings (SSSR count). The Kier molecular flexibility index (Phi) is 6.32. The van der Waals surface area contributed by atoms with Crippen LogP contribution in [0.1, 0.15) is 33.6 Å². The third-order valence-corrected chi connectivity index (χ3v) is 1.87. The van der Waals surface area contributed by atoms with Gasteiger partial charge in [-0.3, -0.25) is 14.4 Å². The maximum absolute atomic E-state index is 11.4. The normalized spacial score (nSPS) is 12.7. The number of carbonyl (C=O) groups excluding carboxylic acids is 3. The van der Waals surface area contributed by atoms with Gasteiger partial charge in [0, 0.05) is 6.42 Å². The Morgan fingerprint density at radius 1 is 1.28 bits per heavy atom. The third-order valence-electron chi connectivity index (χ3n) is 1.87. The first kappa shape index (κ1) is 16.4. The van der Waals surface area contributed by atoms with Crippen molar-refractivity contribution in [2.24, 2.45) is 11.5 Å². The van der Waals surface area contributed by atoms with E-state index in [0.29, 0.717) is 0 Å². The number of carbonyl (C=O) groups is 3. The van der Waals surface area contributed by atoms with Crippen molar-refractivity contribution in [3.8, 4) is 0 Å². The highest BCUT2D eigenvalue weighted by Gasteiger charge is 2.19. The van der Waals surface area contributed by atoms with Gasteiger partial charge in [0.15, 0.2) is 0 Å². The number of nitrogens with one attached hydrogen (secondary N) is 1. The minimum absolute atomic E-state index is 0.0288. The van der Waals surface area contributed by atoms with Gasteiger partial charge in [0.25, 0.3) is 0 Å². The number of ether oxygens (including phenoxy) is 1. The quantitative estimate of drug-likeness (QED) is 0.530. The number of esters is 1. The number of amides is 2. The lowest BCUT2D eigenvalue weighted by Crippen LogP contribution is -2.44. The first-order chi connectivity index (χ1) is 8.11. The summed E-state index contributed by atoms with van der Waals surface area (Å²) in [5, 5.41) is 2.34. The first-order valence-corrected chi connectivity index (χ1v) is 5.65. The van der Waals surface area contributed by atoms with E-state index in [9.17, 15) is 14.4 Å². The van der Waals surface area contributed by atoms with Crippen molar-refractivity contribution >= 4 is 17.8 Å². The molecule has 0 unspecified atom stereocenters. The summed E-state index contributed by atoms with van der Waals surface area (Å²) in [6, 6.07) is -0.861. The molecule has 2 amide bonds. The summed E-state index contributed by atoms with van der Waals surface area (Å²) < 4.78 is 5.00. The highest BCUT2D eigenvalue weighted by atomic mass is 16.6. The van der Waals surface area contributed by atoms with Crippen LogP contribution >= 0.6 is 0 Å². The minimum Gasteiger partial charge on any atom is -0.459 e. The zero-order valence-corrected chi connectivity index (χ0v) is 11.0. The number of nitrogens with two attached hydrogens (primary N) is 2. The van der Waals surface area contributed by atoms with Crippen LogP contribution in [0.25, 0.3) is 0 Å².